The Kier molecular flexibility index (Phi) is 7.08. The fourth-order valence-electron chi connectivity index (χ4n) is 2.18. The van der Waals surface area contributed by atoms with E-state index in [1.54, 1.807) is 55.6 Å². The molecule has 0 radical (unpaired) electrons. The molecule has 7 heteroatoms. The van der Waals surface area contributed by atoms with Gasteiger partial charge in [0, 0.05) is 0 Å². The molecule has 0 unspecified atom stereocenters. The summed E-state index contributed by atoms with van der Waals surface area (Å²) in [5.41, 5.74) is 0.159. The molecule has 0 saturated carbocycles. The van der Waals surface area contributed by atoms with Gasteiger partial charge >= 0.3 is 5.97 Å². The topological polar surface area (TPSA) is 98.0 Å². The maximum Gasteiger partial charge on any atom is 0.346 e. The highest BCUT2D eigenvalue weighted by Crippen LogP contribution is 2.29. The van der Waals surface area contributed by atoms with Crippen molar-refractivity contribution in [2.45, 2.75) is 0 Å². The Bertz CT molecular complexity index is 852. The van der Waals surface area contributed by atoms with Crippen LogP contribution in [0.1, 0.15) is 5.56 Å². The molecule has 2 aromatic rings. The van der Waals surface area contributed by atoms with Crippen LogP contribution in [-0.4, -0.2) is 38.5 Å². The molecule has 140 valence electrons. The number of carboxylic acids is 1. The molecule has 0 aliphatic heterocycles. The molecule has 0 spiro atoms. The van der Waals surface area contributed by atoms with E-state index in [1.165, 1.54) is 13.2 Å². The maximum absolute atomic E-state index is 10.9. The molecule has 27 heavy (non-hydrogen) atoms. The smallest absolute Gasteiger partial charge is 0.346 e. The van der Waals surface area contributed by atoms with Gasteiger partial charge < -0.3 is 24.1 Å². The number of carbonyl (C=O) groups is 1. The second kappa shape index (κ2) is 9.73. The van der Waals surface area contributed by atoms with Gasteiger partial charge in [-0.3, -0.25) is 0 Å². The van der Waals surface area contributed by atoms with Gasteiger partial charge in [-0.25, -0.2) is 4.79 Å². The molecule has 0 bridgehead atoms. The highest BCUT2D eigenvalue weighted by molar-refractivity contribution is 5.96. The van der Waals surface area contributed by atoms with Crippen molar-refractivity contribution < 1.29 is 28.8 Å². The summed E-state index contributed by atoms with van der Waals surface area (Å²) in [4.78, 5) is 10.9. The predicted octanol–water partition coefficient (Wildman–Crippen LogP) is 3.15. The number of benzene rings is 2. The zero-order chi connectivity index (χ0) is 19.6. The summed E-state index contributed by atoms with van der Waals surface area (Å²) < 4.78 is 21.6. The summed E-state index contributed by atoms with van der Waals surface area (Å²) >= 11 is 0. The van der Waals surface area contributed by atoms with Crippen molar-refractivity contribution in [3.8, 4) is 29.1 Å². The number of carboxylic acid groups (broad SMARTS) is 1. The molecule has 0 aromatic heterocycles. The first-order valence-electron chi connectivity index (χ1n) is 8.00. The number of ether oxygens (including phenoxy) is 4. The van der Waals surface area contributed by atoms with Gasteiger partial charge in [0.2, 0.25) is 0 Å². The first kappa shape index (κ1) is 19.7. The Morgan fingerprint density at radius 1 is 1.00 bits per heavy atom. The predicted molar refractivity (Wildman–Crippen MR) is 98.2 cm³/mol. The third-order valence-corrected chi connectivity index (χ3v) is 3.52. The van der Waals surface area contributed by atoms with Crippen molar-refractivity contribution in [1.29, 1.82) is 5.26 Å². The number of nitrogens with zero attached hydrogens (tertiary/aromatic N) is 1. The van der Waals surface area contributed by atoms with Gasteiger partial charge in [0.05, 0.1) is 14.2 Å². The van der Waals surface area contributed by atoms with Crippen LogP contribution in [0.15, 0.2) is 48.0 Å². The van der Waals surface area contributed by atoms with E-state index in [4.69, 9.17) is 29.3 Å². The highest BCUT2D eigenvalue weighted by atomic mass is 16.5. The van der Waals surface area contributed by atoms with E-state index in [0.717, 1.165) is 5.75 Å². The quantitative estimate of drug-likeness (QED) is 0.412. The number of rotatable bonds is 9. The lowest BCUT2D eigenvalue weighted by atomic mass is 10.1. The average molecular weight is 369 g/mol. The van der Waals surface area contributed by atoms with Gasteiger partial charge in [0.25, 0.3) is 0 Å². The van der Waals surface area contributed by atoms with E-state index in [-0.39, 0.29) is 12.2 Å². The first-order chi connectivity index (χ1) is 13.1. The van der Waals surface area contributed by atoms with Crippen molar-refractivity contribution in [3.05, 3.63) is 53.6 Å². The van der Waals surface area contributed by atoms with Gasteiger partial charge in [0.1, 0.15) is 36.4 Å². The van der Waals surface area contributed by atoms with Crippen LogP contribution >= 0.6 is 0 Å². The van der Waals surface area contributed by atoms with Crippen LogP contribution in [0.25, 0.3) is 6.08 Å². The van der Waals surface area contributed by atoms with Crippen molar-refractivity contribution >= 4 is 12.0 Å². The minimum absolute atomic E-state index is 0.288. The van der Waals surface area contributed by atoms with Gasteiger partial charge in [-0.2, -0.15) is 5.26 Å². The molecule has 0 aliphatic rings. The van der Waals surface area contributed by atoms with Crippen molar-refractivity contribution in [1.82, 2.24) is 0 Å². The molecule has 0 aliphatic carbocycles. The lowest BCUT2D eigenvalue weighted by molar-refractivity contribution is -0.132. The van der Waals surface area contributed by atoms with E-state index >= 15 is 0 Å². The molecule has 0 fully saturated rings. The third kappa shape index (κ3) is 5.68. The van der Waals surface area contributed by atoms with Crippen LogP contribution in [0, 0.1) is 11.3 Å². The summed E-state index contributed by atoms with van der Waals surface area (Å²) in [5.74, 6) is 1.08. The number of methoxy groups -OCH3 is 2. The van der Waals surface area contributed by atoms with E-state index in [0.29, 0.717) is 29.4 Å². The van der Waals surface area contributed by atoms with Gasteiger partial charge in [0.15, 0.2) is 11.5 Å². The molecule has 0 saturated heterocycles. The maximum atomic E-state index is 10.9. The Labute approximate surface area is 157 Å². The Morgan fingerprint density at radius 2 is 1.67 bits per heavy atom. The van der Waals surface area contributed by atoms with Crippen LogP contribution in [0.2, 0.25) is 0 Å². The van der Waals surface area contributed by atoms with Crippen molar-refractivity contribution in [2.75, 3.05) is 27.4 Å². The fourth-order valence-corrected chi connectivity index (χ4v) is 2.18. The van der Waals surface area contributed by atoms with E-state index in [9.17, 15) is 4.79 Å². The summed E-state index contributed by atoms with van der Waals surface area (Å²) in [7, 11) is 3.08. The zero-order valence-electron chi connectivity index (χ0n) is 15.0. The summed E-state index contributed by atoms with van der Waals surface area (Å²) in [6.07, 6.45) is 1.27. The first-order valence-corrected chi connectivity index (χ1v) is 8.00. The normalized spacial score (nSPS) is 10.6. The zero-order valence-corrected chi connectivity index (χ0v) is 15.0. The number of hydrogen-bond donors (Lipinski definition) is 1. The second-order valence-corrected chi connectivity index (χ2v) is 5.26. The van der Waals surface area contributed by atoms with Gasteiger partial charge in [-0.05, 0) is 48.0 Å². The molecule has 7 nitrogen and oxygen atoms in total. The minimum Gasteiger partial charge on any atom is -0.497 e. The molecular formula is C20H19NO6. The van der Waals surface area contributed by atoms with Gasteiger partial charge in [-0.15, -0.1) is 0 Å². The average Bonchev–Trinajstić information content (AvgIpc) is 2.70. The molecule has 0 amide bonds. The highest BCUT2D eigenvalue weighted by Gasteiger charge is 2.09. The number of aliphatic carboxylic acids is 1. The Balaban J connectivity index is 1.96. The molecular weight excluding hydrogens is 350 g/mol. The van der Waals surface area contributed by atoms with Crippen LogP contribution < -0.4 is 18.9 Å². The summed E-state index contributed by atoms with van der Waals surface area (Å²) in [6, 6.07) is 13.7. The molecule has 0 heterocycles. The van der Waals surface area contributed by atoms with Crippen LogP contribution in [0.5, 0.6) is 23.0 Å². The molecule has 2 rings (SSSR count). The van der Waals surface area contributed by atoms with Crippen LogP contribution in [0.3, 0.4) is 0 Å². The monoisotopic (exact) mass is 369 g/mol. The third-order valence-electron chi connectivity index (χ3n) is 3.52. The Morgan fingerprint density at radius 3 is 2.26 bits per heavy atom. The lowest BCUT2D eigenvalue weighted by Gasteiger charge is -2.12. The SMILES string of the molecule is COc1ccc(OCCOc2ccc(C=C(C#N)C(=O)O)cc2OC)cc1. The van der Waals surface area contributed by atoms with E-state index in [1.807, 2.05) is 0 Å². The van der Waals surface area contributed by atoms with Crippen molar-refractivity contribution in [2.24, 2.45) is 0 Å². The molecule has 1 N–H and O–H groups in total. The van der Waals surface area contributed by atoms with Gasteiger partial charge in [-0.1, -0.05) is 6.07 Å². The summed E-state index contributed by atoms with van der Waals surface area (Å²) in [6.45, 7) is 0.616. The van der Waals surface area contributed by atoms with Crippen molar-refractivity contribution in [3.63, 3.8) is 0 Å². The fraction of sp³-hybridized carbons (Fsp3) is 0.200. The van der Waals surface area contributed by atoms with Crippen LogP contribution in [0.4, 0.5) is 0 Å². The second-order valence-electron chi connectivity index (χ2n) is 5.26. The molecule has 2 aromatic carbocycles. The Hall–Kier alpha value is -3.66. The van der Waals surface area contributed by atoms with Crippen LogP contribution in [-0.2, 0) is 4.79 Å². The summed E-state index contributed by atoms with van der Waals surface area (Å²) in [5, 5.41) is 17.7. The standard InChI is InChI=1S/C20H19NO6/c1-24-16-4-6-17(7-5-16)26-9-10-27-18-8-3-14(12-19(18)25-2)11-15(13-21)20(22)23/h3-8,11-12H,9-10H2,1-2H3,(H,22,23). The minimum atomic E-state index is -1.28. The van der Waals surface area contributed by atoms with E-state index < -0.39 is 5.97 Å². The largest absolute Gasteiger partial charge is 0.497 e. The number of nitriles is 1. The number of hydrogen-bond acceptors (Lipinski definition) is 6. The molecule has 0 atom stereocenters. The lowest BCUT2D eigenvalue weighted by Crippen LogP contribution is -2.09. The van der Waals surface area contributed by atoms with E-state index in [2.05, 4.69) is 0 Å².